The minimum absolute atomic E-state index is 0.0860. The molecule has 0 spiro atoms. The van der Waals surface area contributed by atoms with Crippen LogP contribution in [0.2, 0.25) is 0 Å². The molecule has 0 atom stereocenters. The maximum Gasteiger partial charge on any atom is 0.135 e. The zero-order chi connectivity index (χ0) is 21.3. The van der Waals surface area contributed by atoms with E-state index in [0.717, 1.165) is 32.7 Å². The van der Waals surface area contributed by atoms with Crippen molar-refractivity contribution in [3.63, 3.8) is 0 Å². The Morgan fingerprint density at radius 1 is 0.742 bits per heavy atom. The van der Waals surface area contributed by atoms with Crippen molar-refractivity contribution < 1.29 is 4.42 Å². The zero-order valence-electron chi connectivity index (χ0n) is 18.1. The Morgan fingerprint density at radius 3 is 2.39 bits per heavy atom. The molecule has 5 aromatic rings. The van der Waals surface area contributed by atoms with Crippen molar-refractivity contribution in [3.05, 3.63) is 94.7 Å². The first kappa shape index (κ1) is 18.2. The summed E-state index contributed by atoms with van der Waals surface area (Å²) in [7, 11) is 0. The third kappa shape index (κ3) is 2.32. The fourth-order valence-corrected chi connectivity index (χ4v) is 5.48. The molecule has 150 valence electrons. The molecule has 0 unspecified atom stereocenters. The number of benzene rings is 4. The van der Waals surface area contributed by atoms with Crippen LogP contribution in [0, 0.1) is 0 Å². The van der Waals surface area contributed by atoms with Gasteiger partial charge in [-0.3, -0.25) is 0 Å². The molecule has 0 saturated heterocycles. The SMILES string of the molecule is C=c1c2ccc3c4c(ccc(oc5cccc(/C=C\C)c15)c42)-c1ccccc1C3(C)C. The molecular formula is C30H24O. The normalized spacial score (nSPS) is 14.5. The molecule has 4 aromatic carbocycles. The van der Waals surface area contributed by atoms with Crippen molar-refractivity contribution in [2.45, 2.75) is 26.2 Å². The summed E-state index contributed by atoms with van der Waals surface area (Å²) >= 11 is 0. The van der Waals surface area contributed by atoms with Gasteiger partial charge < -0.3 is 4.42 Å². The smallest absolute Gasteiger partial charge is 0.135 e. The number of rotatable bonds is 1. The van der Waals surface area contributed by atoms with Gasteiger partial charge in [0.1, 0.15) is 11.2 Å². The second kappa shape index (κ2) is 6.21. The highest BCUT2D eigenvalue weighted by Gasteiger charge is 2.33. The maximum atomic E-state index is 6.57. The van der Waals surface area contributed by atoms with Gasteiger partial charge in [0.15, 0.2) is 0 Å². The Balaban J connectivity index is 1.92. The molecule has 0 saturated carbocycles. The number of hydrogen-bond donors (Lipinski definition) is 0. The largest absolute Gasteiger partial charge is 0.456 e. The highest BCUT2D eigenvalue weighted by molar-refractivity contribution is 6.17. The Kier molecular flexibility index (Phi) is 3.65. The van der Waals surface area contributed by atoms with Crippen LogP contribution in [0.4, 0.5) is 0 Å². The molecule has 0 N–H and O–H groups in total. The Hall–Kier alpha value is -3.58. The third-order valence-corrected chi connectivity index (χ3v) is 6.94. The van der Waals surface area contributed by atoms with Crippen molar-refractivity contribution >= 4 is 45.4 Å². The van der Waals surface area contributed by atoms with Crippen LogP contribution in [0.25, 0.3) is 56.5 Å². The number of fused-ring (bicyclic) bond motifs is 3. The summed E-state index contributed by atoms with van der Waals surface area (Å²) in [5.41, 5.74) is 8.13. The summed E-state index contributed by atoms with van der Waals surface area (Å²) in [6.45, 7) is 11.2. The molecule has 0 fully saturated rings. The molecule has 1 heterocycles. The second-order valence-electron chi connectivity index (χ2n) is 8.99. The van der Waals surface area contributed by atoms with Crippen molar-refractivity contribution in [3.8, 4) is 11.1 Å². The van der Waals surface area contributed by atoms with Gasteiger partial charge in [0.25, 0.3) is 0 Å². The number of allylic oxidation sites excluding steroid dienone is 1. The molecule has 0 bridgehead atoms. The lowest BCUT2D eigenvalue weighted by atomic mass is 9.68. The van der Waals surface area contributed by atoms with Gasteiger partial charge in [0.2, 0.25) is 0 Å². The predicted octanol–water partition coefficient (Wildman–Crippen LogP) is 7.77. The fourth-order valence-electron chi connectivity index (χ4n) is 5.48. The van der Waals surface area contributed by atoms with E-state index in [1.807, 2.05) is 13.0 Å². The second-order valence-corrected chi connectivity index (χ2v) is 8.99. The molecule has 1 heteroatoms. The molecular weight excluding hydrogens is 376 g/mol. The molecule has 31 heavy (non-hydrogen) atoms. The highest BCUT2D eigenvalue weighted by Crippen LogP contribution is 2.49. The van der Waals surface area contributed by atoms with Gasteiger partial charge in [-0.25, -0.2) is 0 Å². The lowest BCUT2D eigenvalue weighted by Gasteiger charge is -2.35. The van der Waals surface area contributed by atoms with Crippen molar-refractivity contribution in [1.82, 2.24) is 0 Å². The molecule has 1 nitrogen and oxygen atoms in total. The zero-order valence-corrected chi connectivity index (χ0v) is 18.1. The van der Waals surface area contributed by atoms with E-state index in [-0.39, 0.29) is 5.41 Å². The predicted molar refractivity (Wildman–Crippen MR) is 133 cm³/mol. The quantitative estimate of drug-likeness (QED) is 0.280. The van der Waals surface area contributed by atoms with Crippen LogP contribution in [-0.2, 0) is 5.41 Å². The minimum atomic E-state index is -0.0860. The topological polar surface area (TPSA) is 13.1 Å². The van der Waals surface area contributed by atoms with E-state index in [0.29, 0.717) is 0 Å². The fraction of sp³-hybridized carbons (Fsp3) is 0.133. The van der Waals surface area contributed by atoms with E-state index >= 15 is 0 Å². The summed E-state index contributed by atoms with van der Waals surface area (Å²) in [4.78, 5) is 0. The van der Waals surface area contributed by atoms with E-state index in [1.54, 1.807) is 0 Å². The molecule has 6 rings (SSSR count). The van der Waals surface area contributed by atoms with Gasteiger partial charge >= 0.3 is 0 Å². The average Bonchev–Trinajstić information content (AvgIpc) is 2.90. The highest BCUT2D eigenvalue weighted by atomic mass is 16.3. The van der Waals surface area contributed by atoms with Crippen LogP contribution in [0.5, 0.6) is 0 Å². The van der Waals surface area contributed by atoms with Crippen molar-refractivity contribution in [2.75, 3.05) is 0 Å². The van der Waals surface area contributed by atoms with Crippen LogP contribution in [-0.4, -0.2) is 0 Å². The Bertz CT molecular complexity index is 1630. The first-order valence-corrected chi connectivity index (χ1v) is 10.9. The molecule has 0 radical (unpaired) electrons. The van der Waals surface area contributed by atoms with E-state index in [4.69, 9.17) is 4.42 Å². The Morgan fingerprint density at radius 2 is 1.55 bits per heavy atom. The van der Waals surface area contributed by atoms with E-state index in [2.05, 4.69) is 93.2 Å². The van der Waals surface area contributed by atoms with Gasteiger partial charge in [-0.1, -0.05) is 87.2 Å². The molecule has 0 amide bonds. The summed E-state index contributed by atoms with van der Waals surface area (Å²) in [6, 6.07) is 23.9. The molecule has 1 aromatic heterocycles. The van der Waals surface area contributed by atoms with Gasteiger partial charge in [0, 0.05) is 16.2 Å². The minimum Gasteiger partial charge on any atom is -0.456 e. The van der Waals surface area contributed by atoms with Crippen LogP contribution in [0.3, 0.4) is 0 Å². The maximum absolute atomic E-state index is 6.57. The first-order chi connectivity index (χ1) is 15.0. The summed E-state index contributed by atoms with van der Waals surface area (Å²) < 4.78 is 6.57. The molecule has 0 aliphatic heterocycles. The van der Waals surface area contributed by atoms with Gasteiger partial charge in [-0.15, -0.1) is 0 Å². The van der Waals surface area contributed by atoms with Gasteiger partial charge in [0.05, 0.1) is 0 Å². The van der Waals surface area contributed by atoms with Crippen LogP contribution >= 0.6 is 0 Å². The van der Waals surface area contributed by atoms with Gasteiger partial charge in [-0.05, 0) is 62.9 Å². The van der Waals surface area contributed by atoms with Gasteiger partial charge in [-0.2, -0.15) is 0 Å². The third-order valence-electron chi connectivity index (χ3n) is 6.94. The van der Waals surface area contributed by atoms with Crippen LogP contribution in [0.1, 0.15) is 37.5 Å². The van der Waals surface area contributed by atoms with Crippen molar-refractivity contribution in [1.29, 1.82) is 0 Å². The number of hydrogen-bond acceptors (Lipinski definition) is 1. The van der Waals surface area contributed by atoms with E-state index in [9.17, 15) is 0 Å². The standard InChI is InChI=1S/C30H24O/c1-5-9-19-10-8-13-25-27(19)18(2)20-14-16-24-28-22(15-17-26(31-25)29(20)28)21-11-6-7-12-23(21)30(24,3)4/h5-17H,2H2,1,3-4H3/b9-5-. The first-order valence-electron chi connectivity index (χ1n) is 10.9. The molecule has 1 aliphatic rings. The Labute approximate surface area is 182 Å². The van der Waals surface area contributed by atoms with Crippen LogP contribution < -0.4 is 5.22 Å². The van der Waals surface area contributed by atoms with Crippen molar-refractivity contribution in [2.24, 2.45) is 0 Å². The van der Waals surface area contributed by atoms with Crippen LogP contribution in [0.15, 0.2) is 77.2 Å². The monoisotopic (exact) mass is 400 g/mol. The van der Waals surface area contributed by atoms with E-state index < -0.39 is 0 Å². The summed E-state index contributed by atoms with van der Waals surface area (Å²) in [5, 5.41) is 5.71. The van der Waals surface area contributed by atoms with E-state index in [1.165, 1.54) is 33.0 Å². The average molecular weight is 401 g/mol. The lowest BCUT2D eigenvalue weighted by molar-refractivity contribution is 0.644. The summed E-state index contributed by atoms with van der Waals surface area (Å²) in [6.07, 6.45) is 4.19. The lowest BCUT2D eigenvalue weighted by Crippen LogP contribution is -2.23. The summed E-state index contributed by atoms with van der Waals surface area (Å²) in [5.74, 6) is 0. The molecule has 1 aliphatic carbocycles.